The van der Waals surface area contributed by atoms with E-state index in [4.69, 9.17) is 10.8 Å². The molecule has 1 aromatic rings. The number of nitrogen functional groups attached to an aromatic ring is 1. The Morgan fingerprint density at radius 3 is 2.35 bits per heavy atom. The minimum atomic E-state index is 0.288. The predicted molar refractivity (Wildman–Crippen MR) is 83.9 cm³/mol. The highest BCUT2D eigenvalue weighted by Gasteiger charge is 2.28. The van der Waals surface area contributed by atoms with Crippen molar-refractivity contribution < 1.29 is 0 Å². The molecule has 5 heteroatoms. The van der Waals surface area contributed by atoms with Gasteiger partial charge < -0.3 is 10.3 Å². The van der Waals surface area contributed by atoms with Crippen LogP contribution in [-0.4, -0.2) is 22.6 Å². The second-order valence-corrected chi connectivity index (χ2v) is 6.37. The highest BCUT2D eigenvalue weighted by molar-refractivity contribution is 5.59. The van der Waals surface area contributed by atoms with Crippen molar-refractivity contribution in [2.45, 2.75) is 59.4 Å². The molecule has 5 nitrogen and oxygen atoms in total. The van der Waals surface area contributed by atoms with Gasteiger partial charge in [0.15, 0.2) is 0 Å². The average Bonchev–Trinajstić information content (AvgIpc) is 3.20. The van der Waals surface area contributed by atoms with Crippen molar-refractivity contribution >= 4 is 11.6 Å². The van der Waals surface area contributed by atoms with Gasteiger partial charge in [0, 0.05) is 24.1 Å². The second kappa shape index (κ2) is 5.95. The Bertz CT molecular complexity index is 466. The SMILES string of the molecule is Cc1c(NN)nc(C(C)C)nc1N(CC1CC1)C(C)C. The molecule has 1 fully saturated rings. The van der Waals surface area contributed by atoms with E-state index < -0.39 is 0 Å². The fourth-order valence-corrected chi connectivity index (χ4v) is 2.32. The largest absolute Gasteiger partial charge is 0.354 e. The zero-order valence-electron chi connectivity index (χ0n) is 13.3. The molecule has 0 aromatic carbocycles. The van der Waals surface area contributed by atoms with E-state index in [1.807, 2.05) is 6.92 Å². The van der Waals surface area contributed by atoms with Crippen LogP contribution in [0.25, 0.3) is 0 Å². The molecule has 0 saturated heterocycles. The third kappa shape index (κ3) is 3.20. The first kappa shape index (κ1) is 15.0. The van der Waals surface area contributed by atoms with Crippen LogP contribution in [0.5, 0.6) is 0 Å². The van der Waals surface area contributed by atoms with Crippen molar-refractivity contribution in [3.8, 4) is 0 Å². The number of nitrogens with zero attached hydrogens (tertiary/aromatic N) is 3. The van der Waals surface area contributed by atoms with E-state index in [1.165, 1.54) is 12.8 Å². The molecule has 0 bridgehead atoms. The van der Waals surface area contributed by atoms with Crippen LogP contribution in [0, 0.1) is 12.8 Å². The fraction of sp³-hybridized carbons (Fsp3) is 0.733. The van der Waals surface area contributed by atoms with Crippen molar-refractivity contribution in [2.24, 2.45) is 11.8 Å². The minimum absolute atomic E-state index is 0.288. The third-order valence-corrected chi connectivity index (χ3v) is 3.84. The molecule has 3 N–H and O–H groups in total. The summed E-state index contributed by atoms with van der Waals surface area (Å²) in [6.07, 6.45) is 2.68. The van der Waals surface area contributed by atoms with E-state index in [-0.39, 0.29) is 5.92 Å². The number of nitrogens with one attached hydrogen (secondary N) is 1. The van der Waals surface area contributed by atoms with Crippen molar-refractivity contribution in [1.29, 1.82) is 0 Å². The summed E-state index contributed by atoms with van der Waals surface area (Å²) in [5, 5.41) is 0. The maximum atomic E-state index is 5.62. The van der Waals surface area contributed by atoms with Gasteiger partial charge in [0.25, 0.3) is 0 Å². The van der Waals surface area contributed by atoms with E-state index in [0.29, 0.717) is 6.04 Å². The Kier molecular flexibility index (Phi) is 4.48. The molecule has 0 spiro atoms. The van der Waals surface area contributed by atoms with Crippen LogP contribution < -0.4 is 16.2 Å². The molecule has 0 radical (unpaired) electrons. The first-order valence-electron chi connectivity index (χ1n) is 7.55. The maximum Gasteiger partial charge on any atom is 0.148 e. The molecular weight excluding hydrogens is 250 g/mol. The number of hydrogen-bond donors (Lipinski definition) is 2. The number of hydrazine groups is 1. The summed E-state index contributed by atoms with van der Waals surface area (Å²) in [5.74, 6) is 9.34. The molecular formula is C15H27N5. The Labute approximate surface area is 121 Å². The smallest absolute Gasteiger partial charge is 0.148 e. The van der Waals surface area contributed by atoms with Gasteiger partial charge in [-0.1, -0.05) is 13.8 Å². The molecule has 0 atom stereocenters. The van der Waals surface area contributed by atoms with Crippen LogP contribution in [0.4, 0.5) is 11.6 Å². The average molecular weight is 277 g/mol. The fourth-order valence-electron chi connectivity index (χ4n) is 2.32. The summed E-state index contributed by atoms with van der Waals surface area (Å²) in [6, 6.07) is 0.426. The molecule has 0 amide bonds. The molecule has 20 heavy (non-hydrogen) atoms. The first-order chi connectivity index (χ1) is 9.43. The summed E-state index contributed by atoms with van der Waals surface area (Å²) in [5.41, 5.74) is 3.75. The Hall–Kier alpha value is -1.36. The van der Waals surface area contributed by atoms with Crippen LogP contribution in [0.1, 0.15) is 57.8 Å². The van der Waals surface area contributed by atoms with Gasteiger partial charge in [0.1, 0.15) is 17.5 Å². The standard InChI is InChI=1S/C15H27N5/c1-9(2)13-17-14(19-16)11(5)15(18-13)20(10(3)4)8-12-6-7-12/h9-10,12H,6-8,16H2,1-5H3,(H,17,18,19). The Morgan fingerprint density at radius 2 is 1.90 bits per heavy atom. The lowest BCUT2D eigenvalue weighted by Crippen LogP contribution is -2.35. The monoisotopic (exact) mass is 277 g/mol. The number of aromatic nitrogens is 2. The van der Waals surface area contributed by atoms with Crippen LogP contribution >= 0.6 is 0 Å². The number of nitrogens with two attached hydrogens (primary N) is 1. The number of hydrogen-bond acceptors (Lipinski definition) is 5. The lowest BCUT2D eigenvalue weighted by Gasteiger charge is -2.30. The van der Waals surface area contributed by atoms with Gasteiger partial charge in [-0.15, -0.1) is 0 Å². The Balaban J connectivity index is 2.42. The molecule has 2 rings (SSSR count). The molecule has 0 aliphatic heterocycles. The molecule has 1 saturated carbocycles. The molecule has 1 aliphatic carbocycles. The molecule has 0 unspecified atom stereocenters. The van der Waals surface area contributed by atoms with Gasteiger partial charge in [-0.2, -0.15) is 0 Å². The topological polar surface area (TPSA) is 67.1 Å². The minimum Gasteiger partial charge on any atom is -0.354 e. The van der Waals surface area contributed by atoms with Gasteiger partial charge in [-0.05, 0) is 39.5 Å². The predicted octanol–water partition coefficient (Wildman–Crippen LogP) is 2.82. The van der Waals surface area contributed by atoms with Crippen LogP contribution in [0.2, 0.25) is 0 Å². The van der Waals surface area contributed by atoms with Crippen molar-refractivity contribution in [3.63, 3.8) is 0 Å². The van der Waals surface area contributed by atoms with Crippen LogP contribution in [-0.2, 0) is 0 Å². The molecule has 1 aromatic heterocycles. The normalized spacial score (nSPS) is 15.0. The quantitative estimate of drug-likeness (QED) is 0.618. The van der Waals surface area contributed by atoms with E-state index in [1.54, 1.807) is 0 Å². The second-order valence-electron chi connectivity index (χ2n) is 6.37. The summed E-state index contributed by atoms with van der Waals surface area (Å²) >= 11 is 0. The van der Waals surface area contributed by atoms with E-state index >= 15 is 0 Å². The van der Waals surface area contributed by atoms with Gasteiger partial charge in [-0.25, -0.2) is 15.8 Å². The van der Waals surface area contributed by atoms with E-state index in [2.05, 4.69) is 43.0 Å². The van der Waals surface area contributed by atoms with Gasteiger partial charge in [-0.3, -0.25) is 0 Å². The molecule has 1 aliphatic rings. The summed E-state index contributed by atoms with van der Waals surface area (Å²) in [7, 11) is 0. The van der Waals surface area contributed by atoms with Crippen LogP contribution in [0.3, 0.4) is 0 Å². The highest BCUT2D eigenvalue weighted by atomic mass is 15.3. The van der Waals surface area contributed by atoms with Crippen molar-refractivity contribution in [3.05, 3.63) is 11.4 Å². The lowest BCUT2D eigenvalue weighted by atomic mass is 10.1. The molecule has 112 valence electrons. The number of rotatable bonds is 6. The van der Waals surface area contributed by atoms with Gasteiger partial charge in [0.2, 0.25) is 0 Å². The maximum absolute atomic E-state index is 5.62. The van der Waals surface area contributed by atoms with Crippen molar-refractivity contribution in [1.82, 2.24) is 9.97 Å². The summed E-state index contributed by atoms with van der Waals surface area (Å²) < 4.78 is 0. The lowest BCUT2D eigenvalue weighted by molar-refractivity contribution is 0.628. The van der Waals surface area contributed by atoms with Crippen LogP contribution in [0.15, 0.2) is 0 Å². The highest BCUT2D eigenvalue weighted by Crippen LogP contribution is 2.34. The zero-order valence-corrected chi connectivity index (χ0v) is 13.3. The zero-order chi connectivity index (χ0) is 14.9. The summed E-state index contributed by atoms with van der Waals surface area (Å²) in [6.45, 7) is 11.8. The Morgan fingerprint density at radius 1 is 1.25 bits per heavy atom. The van der Waals surface area contributed by atoms with E-state index in [0.717, 1.165) is 35.5 Å². The van der Waals surface area contributed by atoms with Gasteiger partial charge >= 0.3 is 0 Å². The third-order valence-electron chi connectivity index (χ3n) is 3.84. The number of anilines is 2. The van der Waals surface area contributed by atoms with Crippen molar-refractivity contribution in [2.75, 3.05) is 16.9 Å². The summed E-state index contributed by atoms with van der Waals surface area (Å²) in [4.78, 5) is 11.7. The molecule has 1 heterocycles. The first-order valence-corrected chi connectivity index (χ1v) is 7.55. The van der Waals surface area contributed by atoms with E-state index in [9.17, 15) is 0 Å². The van der Waals surface area contributed by atoms with Gasteiger partial charge in [0.05, 0.1) is 0 Å².